The molecule has 1 aliphatic carbocycles. The van der Waals surface area contributed by atoms with Crippen molar-refractivity contribution in [2.45, 2.75) is 69.2 Å². The summed E-state index contributed by atoms with van der Waals surface area (Å²) in [4.78, 5) is 16.8. The van der Waals surface area contributed by atoms with Gasteiger partial charge in [0.25, 0.3) is 0 Å². The van der Waals surface area contributed by atoms with Crippen molar-refractivity contribution in [2.75, 3.05) is 20.3 Å². The van der Waals surface area contributed by atoms with E-state index in [2.05, 4.69) is 4.98 Å². The largest absolute Gasteiger partial charge is 0.493 e. The SMILES string of the molecule is COc1cc(C(=O)CCC(O)(c2cc3c(c(Cl)n2)OCCC3(C)C2CC2)C(F)(F)F)ccc1OC[C@@H](C)O. The van der Waals surface area contributed by atoms with Crippen LogP contribution in [0.3, 0.4) is 0 Å². The fourth-order valence-corrected chi connectivity index (χ4v) is 5.19. The van der Waals surface area contributed by atoms with Gasteiger partial charge in [-0.25, -0.2) is 4.98 Å². The lowest BCUT2D eigenvalue weighted by molar-refractivity contribution is -0.270. The van der Waals surface area contributed by atoms with E-state index in [0.29, 0.717) is 24.5 Å². The number of pyridine rings is 1. The molecule has 1 aromatic heterocycles. The number of hydrogen-bond donors (Lipinski definition) is 2. The molecule has 0 amide bonds. The minimum atomic E-state index is -5.13. The van der Waals surface area contributed by atoms with Crippen molar-refractivity contribution in [1.29, 1.82) is 0 Å². The van der Waals surface area contributed by atoms with E-state index in [0.717, 1.165) is 12.8 Å². The number of nitrogens with zero attached hydrogens (tertiary/aromatic N) is 1. The Bertz CT molecular complexity index is 1200. The van der Waals surface area contributed by atoms with Crippen molar-refractivity contribution < 1.29 is 42.4 Å². The van der Waals surface area contributed by atoms with Gasteiger partial charge in [-0.15, -0.1) is 0 Å². The maximum atomic E-state index is 14.4. The van der Waals surface area contributed by atoms with Crippen LogP contribution in [0.25, 0.3) is 0 Å². The van der Waals surface area contributed by atoms with E-state index in [1.807, 2.05) is 6.92 Å². The number of aliphatic hydroxyl groups is 2. The van der Waals surface area contributed by atoms with Gasteiger partial charge in [-0.05, 0) is 62.8 Å². The van der Waals surface area contributed by atoms with Gasteiger partial charge in [0.05, 0.1) is 25.5 Å². The molecule has 0 spiro atoms. The summed E-state index contributed by atoms with van der Waals surface area (Å²) in [5.41, 5.74) is -3.91. The maximum Gasteiger partial charge on any atom is 0.422 e. The predicted molar refractivity (Wildman–Crippen MR) is 133 cm³/mol. The van der Waals surface area contributed by atoms with Crippen LogP contribution >= 0.6 is 11.6 Å². The van der Waals surface area contributed by atoms with E-state index in [1.165, 1.54) is 38.3 Å². The molecule has 11 heteroatoms. The van der Waals surface area contributed by atoms with Crippen LogP contribution < -0.4 is 14.2 Å². The minimum Gasteiger partial charge on any atom is -0.493 e. The average Bonchev–Trinajstić information content (AvgIpc) is 3.71. The first-order chi connectivity index (χ1) is 17.8. The summed E-state index contributed by atoms with van der Waals surface area (Å²) in [7, 11) is 1.35. The van der Waals surface area contributed by atoms with Gasteiger partial charge in [0.15, 0.2) is 28.2 Å². The highest BCUT2D eigenvalue weighted by Gasteiger charge is 2.57. The normalized spacial score (nSPS) is 21.6. The number of alkyl halides is 3. The summed E-state index contributed by atoms with van der Waals surface area (Å²) >= 11 is 6.28. The molecule has 38 heavy (non-hydrogen) atoms. The van der Waals surface area contributed by atoms with Gasteiger partial charge in [0.1, 0.15) is 6.61 Å². The molecule has 2 heterocycles. The summed E-state index contributed by atoms with van der Waals surface area (Å²) in [6.07, 6.45) is -4.92. The molecule has 0 bridgehead atoms. The Morgan fingerprint density at radius 3 is 2.61 bits per heavy atom. The Balaban J connectivity index is 1.61. The average molecular weight is 558 g/mol. The lowest BCUT2D eigenvalue weighted by Gasteiger charge is -2.38. The van der Waals surface area contributed by atoms with Crippen LogP contribution in [0.5, 0.6) is 17.2 Å². The number of halogens is 4. The number of aliphatic hydroxyl groups excluding tert-OH is 1. The summed E-state index contributed by atoms with van der Waals surface area (Å²) in [5.74, 6) is 0.361. The van der Waals surface area contributed by atoms with Crippen LogP contribution in [0.2, 0.25) is 5.15 Å². The lowest BCUT2D eigenvalue weighted by atomic mass is 9.73. The summed E-state index contributed by atoms with van der Waals surface area (Å²) in [5, 5.41) is 20.2. The molecule has 1 aliphatic heterocycles. The Kier molecular flexibility index (Phi) is 7.89. The Labute approximate surface area is 223 Å². The fourth-order valence-electron chi connectivity index (χ4n) is 4.94. The van der Waals surface area contributed by atoms with Crippen molar-refractivity contribution in [1.82, 2.24) is 4.98 Å². The predicted octanol–water partition coefficient (Wildman–Crippen LogP) is 5.37. The molecule has 208 valence electrons. The molecule has 1 aromatic carbocycles. The first-order valence-corrected chi connectivity index (χ1v) is 12.8. The number of carbonyl (C=O) groups excluding carboxylic acids is 1. The number of methoxy groups -OCH3 is 1. The molecular formula is C27H31ClF3NO6. The number of carbonyl (C=O) groups is 1. The third-order valence-electron chi connectivity index (χ3n) is 7.47. The number of ketones is 1. The molecule has 4 rings (SSSR count). The topological polar surface area (TPSA) is 98.1 Å². The quantitative estimate of drug-likeness (QED) is 0.299. The van der Waals surface area contributed by atoms with Gasteiger partial charge in [-0.1, -0.05) is 18.5 Å². The third-order valence-corrected chi connectivity index (χ3v) is 7.72. The second-order valence-electron chi connectivity index (χ2n) is 10.3. The summed E-state index contributed by atoms with van der Waals surface area (Å²) < 4.78 is 59.4. The number of ether oxygens (including phenoxy) is 3. The molecular weight excluding hydrogens is 527 g/mol. The van der Waals surface area contributed by atoms with E-state index >= 15 is 0 Å². The lowest BCUT2D eigenvalue weighted by Crippen LogP contribution is -2.44. The van der Waals surface area contributed by atoms with E-state index in [1.54, 1.807) is 0 Å². The van der Waals surface area contributed by atoms with Crippen LogP contribution in [-0.2, 0) is 11.0 Å². The Morgan fingerprint density at radius 1 is 1.29 bits per heavy atom. The molecule has 3 atom stereocenters. The van der Waals surface area contributed by atoms with Crippen molar-refractivity contribution in [3.63, 3.8) is 0 Å². The number of hydrogen-bond acceptors (Lipinski definition) is 7. The number of benzene rings is 1. The molecule has 0 saturated heterocycles. The van der Waals surface area contributed by atoms with Crippen LogP contribution in [0.1, 0.15) is 67.6 Å². The molecule has 1 fully saturated rings. The van der Waals surface area contributed by atoms with E-state index in [-0.39, 0.29) is 34.6 Å². The molecule has 2 unspecified atom stereocenters. The highest BCUT2D eigenvalue weighted by atomic mass is 35.5. The van der Waals surface area contributed by atoms with Gasteiger partial charge in [-0.3, -0.25) is 4.79 Å². The van der Waals surface area contributed by atoms with E-state index < -0.39 is 47.6 Å². The number of fused-ring (bicyclic) bond motifs is 1. The standard InChI is InChI=1S/C27H31ClF3NO6/c1-15(33)14-38-20-7-4-16(12-21(20)36-3)19(34)8-9-26(35,27(29,30)31)22-13-18-23(24(28)32-22)37-11-10-25(18,2)17-5-6-17/h4,7,12-13,15,17,33,35H,5-6,8-11,14H2,1-3H3/t15-,25?,26?/m1/s1. The third kappa shape index (κ3) is 5.44. The molecule has 7 nitrogen and oxygen atoms in total. The number of rotatable bonds is 10. The molecule has 2 aromatic rings. The van der Waals surface area contributed by atoms with Crippen LogP contribution in [-0.4, -0.2) is 53.6 Å². The van der Waals surface area contributed by atoms with E-state index in [4.69, 9.17) is 25.8 Å². The van der Waals surface area contributed by atoms with Crippen LogP contribution in [0.15, 0.2) is 24.3 Å². The van der Waals surface area contributed by atoms with Crippen molar-refractivity contribution in [3.05, 3.63) is 46.2 Å². The molecule has 2 aliphatic rings. The fraction of sp³-hybridized carbons (Fsp3) is 0.556. The minimum absolute atomic E-state index is 0.0105. The van der Waals surface area contributed by atoms with Gasteiger partial charge in [-0.2, -0.15) is 13.2 Å². The monoisotopic (exact) mass is 557 g/mol. The van der Waals surface area contributed by atoms with Gasteiger partial charge < -0.3 is 24.4 Å². The van der Waals surface area contributed by atoms with E-state index in [9.17, 15) is 28.2 Å². The van der Waals surface area contributed by atoms with Crippen LogP contribution in [0.4, 0.5) is 13.2 Å². The highest BCUT2D eigenvalue weighted by molar-refractivity contribution is 6.31. The van der Waals surface area contributed by atoms with Crippen molar-refractivity contribution in [2.24, 2.45) is 5.92 Å². The van der Waals surface area contributed by atoms with Crippen molar-refractivity contribution in [3.8, 4) is 17.2 Å². The zero-order chi connectivity index (χ0) is 27.9. The Morgan fingerprint density at radius 2 is 2.00 bits per heavy atom. The molecule has 1 saturated carbocycles. The summed E-state index contributed by atoms with van der Waals surface area (Å²) in [6.45, 7) is 3.88. The van der Waals surface area contributed by atoms with Gasteiger partial charge in [0.2, 0.25) is 5.60 Å². The second-order valence-corrected chi connectivity index (χ2v) is 10.6. The molecule has 0 radical (unpaired) electrons. The van der Waals surface area contributed by atoms with Gasteiger partial charge in [0, 0.05) is 23.0 Å². The first-order valence-electron chi connectivity index (χ1n) is 12.5. The zero-order valence-electron chi connectivity index (χ0n) is 21.4. The van der Waals surface area contributed by atoms with Crippen LogP contribution in [0, 0.1) is 5.92 Å². The Hall–Kier alpha value is -2.56. The second kappa shape index (κ2) is 10.5. The maximum absolute atomic E-state index is 14.4. The molecule has 2 N–H and O–H groups in total. The van der Waals surface area contributed by atoms with Crippen molar-refractivity contribution >= 4 is 17.4 Å². The number of aromatic nitrogens is 1. The van der Waals surface area contributed by atoms with Gasteiger partial charge >= 0.3 is 6.18 Å². The summed E-state index contributed by atoms with van der Waals surface area (Å²) in [6, 6.07) is 5.42. The first kappa shape index (κ1) is 28.4. The zero-order valence-corrected chi connectivity index (χ0v) is 22.2. The number of Topliss-reactive ketones (excluding diaryl/α,β-unsaturated/α-hetero) is 1. The smallest absolute Gasteiger partial charge is 0.422 e. The highest BCUT2D eigenvalue weighted by Crippen LogP contribution is 2.55.